The monoisotopic (exact) mass is 280 g/mol. The fourth-order valence-corrected chi connectivity index (χ4v) is 2.01. The topological polar surface area (TPSA) is 73.0 Å². The molecule has 0 fully saturated rings. The highest BCUT2D eigenvalue weighted by Crippen LogP contribution is 2.31. The van der Waals surface area contributed by atoms with Gasteiger partial charge in [-0.1, -0.05) is 17.7 Å². The number of nitro groups is 1. The number of benzene rings is 1. The van der Waals surface area contributed by atoms with Crippen LogP contribution >= 0.6 is 11.6 Å². The number of anilines is 1. The Labute approximate surface area is 115 Å². The minimum Gasteiger partial charge on any atom is -0.378 e. The Balaban J connectivity index is 2.07. The summed E-state index contributed by atoms with van der Waals surface area (Å²) >= 11 is 5.98. The van der Waals surface area contributed by atoms with Crippen molar-refractivity contribution >= 4 is 23.0 Å². The van der Waals surface area contributed by atoms with Crippen molar-refractivity contribution in [2.75, 3.05) is 11.9 Å². The number of aromatic nitrogens is 2. The molecule has 2 rings (SSSR count). The Bertz CT molecular complexity index is 597. The Hall–Kier alpha value is -2.08. The molecule has 1 aromatic carbocycles. The number of nitrogens with one attached hydrogen (secondary N) is 1. The van der Waals surface area contributed by atoms with E-state index in [4.69, 9.17) is 11.6 Å². The fraction of sp³-hybridized carbons (Fsp3) is 0.250. The van der Waals surface area contributed by atoms with E-state index < -0.39 is 4.92 Å². The number of rotatable bonds is 5. The van der Waals surface area contributed by atoms with Gasteiger partial charge in [-0.05, 0) is 6.07 Å². The summed E-state index contributed by atoms with van der Waals surface area (Å²) in [6.07, 6.45) is 4.23. The Morgan fingerprint density at radius 3 is 2.95 bits per heavy atom. The lowest BCUT2D eigenvalue weighted by molar-refractivity contribution is -0.383. The molecule has 0 aliphatic heterocycles. The SMILES string of the molecule is Cn1ccnc1CCNc1c(Cl)cccc1[N+](=O)[O-]. The summed E-state index contributed by atoms with van der Waals surface area (Å²) in [6.45, 7) is 0.523. The first kappa shape index (κ1) is 13.4. The summed E-state index contributed by atoms with van der Waals surface area (Å²) in [6, 6.07) is 4.61. The normalized spacial score (nSPS) is 10.4. The first-order chi connectivity index (χ1) is 9.09. The molecule has 0 saturated heterocycles. The molecule has 2 aromatic rings. The van der Waals surface area contributed by atoms with Crippen LogP contribution in [0.2, 0.25) is 5.02 Å². The Kier molecular flexibility index (Phi) is 4.01. The van der Waals surface area contributed by atoms with Gasteiger partial charge < -0.3 is 9.88 Å². The smallest absolute Gasteiger partial charge is 0.293 e. The minimum absolute atomic E-state index is 0.0210. The molecule has 0 aliphatic carbocycles. The van der Waals surface area contributed by atoms with Gasteiger partial charge in [-0.15, -0.1) is 0 Å². The molecule has 0 atom stereocenters. The Morgan fingerprint density at radius 2 is 2.32 bits per heavy atom. The van der Waals surface area contributed by atoms with Crippen LogP contribution in [0.3, 0.4) is 0 Å². The van der Waals surface area contributed by atoms with Crippen molar-refractivity contribution in [2.24, 2.45) is 7.05 Å². The summed E-state index contributed by atoms with van der Waals surface area (Å²) in [5, 5.41) is 14.3. The lowest BCUT2D eigenvalue weighted by Crippen LogP contribution is -2.10. The number of hydrogen-bond donors (Lipinski definition) is 1. The van der Waals surface area contributed by atoms with E-state index in [0.717, 1.165) is 5.82 Å². The van der Waals surface area contributed by atoms with Gasteiger partial charge in [0.1, 0.15) is 11.5 Å². The molecule has 1 aromatic heterocycles. The van der Waals surface area contributed by atoms with Crippen molar-refractivity contribution < 1.29 is 4.92 Å². The summed E-state index contributed by atoms with van der Waals surface area (Å²) < 4.78 is 1.91. The van der Waals surface area contributed by atoms with Crippen LogP contribution < -0.4 is 5.32 Å². The van der Waals surface area contributed by atoms with Gasteiger partial charge in [0.05, 0.1) is 9.95 Å². The summed E-state index contributed by atoms with van der Waals surface area (Å²) in [5.74, 6) is 0.905. The van der Waals surface area contributed by atoms with E-state index in [0.29, 0.717) is 23.7 Å². The summed E-state index contributed by atoms with van der Waals surface area (Å²) in [7, 11) is 1.90. The third kappa shape index (κ3) is 3.03. The largest absolute Gasteiger partial charge is 0.378 e. The number of imidazole rings is 1. The van der Waals surface area contributed by atoms with Gasteiger partial charge >= 0.3 is 0 Å². The highest BCUT2D eigenvalue weighted by atomic mass is 35.5. The van der Waals surface area contributed by atoms with Gasteiger partial charge in [0.2, 0.25) is 0 Å². The molecule has 0 saturated carbocycles. The first-order valence-electron chi connectivity index (χ1n) is 5.72. The number of halogens is 1. The average Bonchev–Trinajstić information content (AvgIpc) is 2.77. The molecule has 1 N–H and O–H groups in total. The summed E-state index contributed by atoms with van der Waals surface area (Å²) in [5.41, 5.74) is 0.329. The van der Waals surface area contributed by atoms with Crippen molar-refractivity contribution in [1.82, 2.24) is 9.55 Å². The predicted molar refractivity (Wildman–Crippen MR) is 73.5 cm³/mol. The van der Waals surface area contributed by atoms with Gasteiger partial charge in [-0.2, -0.15) is 0 Å². The molecule has 7 heteroatoms. The Morgan fingerprint density at radius 1 is 1.53 bits per heavy atom. The average molecular weight is 281 g/mol. The van der Waals surface area contributed by atoms with Gasteiger partial charge in [0.25, 0.3) is 5.69 Å². The predicted octanol–water partition coefficient (Wildman–Crippen LogP) is 2.64. The lowest BCUT2D eigenvalue weighted by Gasteiger charge is -2.08. The van der Waals surface area contributed by atoms with E-state index >= 15 is 0 Å². The fourth-order valence-electron chi connectivity index (χ4n) is 1.78. The van der Waals surface area contributed by atoms with Crippen LogP contribution in [-0.2, 0) is 13.5 Å². The molecule has 100 valence electrons. The van der Waals surface area contributed by atoms with Crippen LogP contribution in [0.15, 0.2) is 30.6 Å². The van der Waals surface area contributed by atoms with E-state index in [1.54, 1.807) is 18.3 Å². The van der Waals surface area contributed by atoms with E-state index in [1.807, 2.05) is 17.8 Å². The quantitative estimate of drug-likeness (QED) is 0.675. The third-order valence-electron chi connectivity index (χ3n) is 2.76. The van der Waals surface area contributed by atoms with Crippen LogP contribution in [-0.4, -0.2) is 21.0 Å². The standard InChI is InChI=1S/C12H13ClN4O2/c1-16-8-7-14-11(16)5-6-15-12-9(13)3-2-4-10(12)17(18)19/h2-4,7-8,15H,5-6H2,1H3. The maximum Gasteiger partial charge on any atom is 0.293 e. The van der Waals surface area contributed by atoms with Gasteiger partial charge in [-0.25, -0.2) is 4.98 Å². The molecule has 19 heavy (non-hydrogen) atoms. The molecule has 6 nitrogen and oxygen atoms in total. The third-order valence-corrected chi connectivity index (χ3v) is 3.07. The second-order valence-corrected chi connectivity index (χ2v) is 4.43. The molecular formula is C12H13ClN4O2. The molecule has 0 spiro atoms. The maximum atomic E-state index is 10.9. The first-order valence-corrected chi connectivity index (χ1v) is 6.10. The zero-order chi connectivity index (χ0) is 13.8. The maximum absolute atomic E-state index is 10.9. The number of hydrogen-bond acceptors (Lipinski definition) is 4. The van der Waals surface area contributed by atoms with Crippen molar-refractivity contribution in [1.29, 1.82) is 0 Å². The van der Waals surface area contributed by atoms with Gasteiger partial charge in [0.15, 0.2) is 0 Å². The molecule has 0 unspecified atom stereocenters. The lowest BCUT2D eigenvalue weighted by atomic mass is 10.2. The van der Waals surface area contributed by atoms with Crippen molar-refractivity contribution in [3.63, 3.8) is 0 Å². The molecule has 0 amide bonds. The van der Waals surface area contributed by atoms with E-state index in [9.17, 15) is 10.1 Å². The van der Waals surface area contributed by atoms with Crippen molar-refractivity contribution in [3.05, 3.63) is 51.6 Å². The number of aryl methyl sites for hydroxylation is 1. The van der Waals surface area contributed by atoms with Gasteiger partial charge in [-0.3, -0.25) is 10.1 Å². The van der Waals surface area contributed by atoms with Gasteiger partial charge in [0, 0.05) is 38.5 Å². The van der Waals surface area contributed by atoms with Crippen LogP contribution in [0, 0.1) is 10.1 Å². The van der Waals surface area contributed by atoms with Crippen LogP contribution in [0.5, 0.6) is 0 Å². The van der Waals surface area contributed by atoms with E-state index in [1.165, 1.54) is 6.07 Å². The molecule has 0 bridgehead atoms. The van der Waals surface area contributed by atoms with Crippen molar-refractivity contribution in [2.45, 2.75) is 6.42 Å². The van der Waals surface area contributed by atoms with Crippen molar-refractivity contribution in [3.8, 4) is 0 Å². The minimum atomic E-state index is -0.449. The number of nitro benzene ring substituents is 1. The molecular weight excluding hydrogens is 268 g/mol. The molecule has 0 radical (unpaired) electrons. The number of para-hydroxylation sites is 1. The number of nitrogens with zero attached hydrogens (tertiary/aromatic N) is 3. The zero-order valence-electron chi connectivity index (χ0n) is 10.3. The molecule has 1 heterocycles. The van der Waals surface area contributed by atoms with E-state index in [2.05, 4.69) is 10.3 Å². The van der Waals surface area contributed by atoms with Crippen LogP contribution in [0.25, 0.3) is 0 Å². The zero-order valence-corrected chi connectivity index (χ0v) is 11.1. The second kappa shape index (κ2) is 5.71. The highest BCUT2D eigenvalue weighted by molar-refractivity contribution is 6.33. The second-order valence-electron chi connectivity index (χ2n) is 4.02. The molecule has 0 aliphatic rings. The van der Waals surface area contributed by atoms with E-state index in [-0.39, 0.29) is 5.69 Å². The van der Waals surface area contributed by atoms with Crippen LogP contribution in [0.1, 0.15) is 5.82 Å². The summed E-state index contributed by atoms with van der Waals surface area (Å²) in [4.78, 5) is 14.6. The van der Waals surface area contributed by atoms with Crippen LogP contribution in [0.4, 0.5) is 11.4 Å². The highest BCUT2D eigenvalue weighted by Gasteiger charge is 2.16.